The van der Waals surface area contributed by atoms with Crippen molar-refractivity contribution < 1.29 is 0 Å². The minimum absolute atomic E-state index is 0.408. The number of nitrogens with zero attached hydrogens (tertiary/aromatic N) is 2. The number of hydrogen-bond donors (Lipinski definition) is 0. The summed E-state index contributed by atoms with van der Waals surface area (Å²) in [7, 11) is 0. The predicted molar refractivity (Wildman–Crippen MR) is 249 cm³/mol. The van der Waals surface area contributed by atoms with Crippen LogP contribution < -0.4 is 0 Å². The molecule has 2 atom stereocenters. The van der Waals surface area contributed by atoms with Crippen molar-refractivity contribution in [2.24, 2.45) is 5.92 Å². The molecule has 0 saturated carbocycles. The lowest BCUT2D eigenvalue weighted by Crippen LogP contribution is -2.17. The summed E-state index contributed by atoms with van der Waals surface area (Å²) in [5.74, 6) is 1.63. The summed E-state index contributed by atoms with van der Waals surface area (Å²) in [6.07, 6.45) is 27.2. The van der Waals surface area contributed by atoms with E-state index in [0.29, 0.717) is 11.8 Å². The van der Waals surface area contributed by atoms with Crippen molar-refractivity contribution in [2.45, 2.75) is 51.4 Å². The van der Waals surface area contributed by atoms with E-state index in [1.54, 1.807) is 0 Å². The Labute approximate surface area is 349 Å². The maximum atomic E-state index is 5.46. The second kappa shape index (κ2) is 16.3. The molecule has 0 bridgehead atoms. The van der Waals surface area contributed by atoms with Gasteiger partial charge in [0.2, 0.25) is 0 Å². The first-order chi connectivity index (χ1) is 29.2. The lowest BCUT2D eigenvalue weighted by molar-refractivity contribution is 0.515. The maximum Gasteiger partial charge on any atom is 0.160 e. The molecule has 0 N–H and O–H groups in total. The van der Waals surface area contributed by atoms with E-state index in [0.717, 1.165) is 78.0 Å². The quantitative estimate of drug-likeness (QED) is 0.154. The Morgan fingerprint density at radius 2 is 1.20 bits per heavy atom. The zero-order valence-corrected chi connectivity index (χ0v) is 33.7. The van der Waals surface area contributed by atoms with Crippen LogP contribution in [-0.2, 0) is 0 Å². The molecule has 1 heterocycles. The third kappa shape index (κ3) is 7.48. The Kier molecular flexibility index (Phi) is 10.1. The molecule has 10 rings (SSSR count). The van der Waals surface area contributed by atoms with Gasteiger partial charge in [-0.2, -0.15) is 0 Å². The van der Waals surface area contributed by atoms with Gasteiger partial charge in [-0.05, 0) is 131 Å². The van der Waals surface area contributed by atoms with E-state index in [2.05, 4.69) is 195 Å². The fraction of sp³-hybridized carbons (Fsp3) is 0.158. The van der Waals surface area contributed by atoms with Crippen molar-refractivity contribution in [3.05, 3.63) is 227 Å². The van der Waals surface area contributed by atoms with Crippen LogP contribution in [0.4, 0.5) is 0 Å². The van der Waals surface area contributed by atoms with E-state index in [9.17, 15) is 0 Å². The zero-order valence-electron chi connectivity index (χ0n) is 33.7. The smallest absolute Gasteiger partial charge is 0.160 e. The van der Waals surface area contributed by atoms with Crippen molar-refractivity contribution >= 4 is 33.9 Å². The van der Waals surface area contributed by atoms with Gasteiger partial charge in [-0.3, -0.25) is 0 Å². The predicted octanol–water partition coefficient (Wildman–Crippen LogP) is 14.8. The van der Waals surface area contributed by atoms with Gasteiger partial charge in [0.05, 0.1) is 11.4 Å². The van der Waals surface area contributed by atoms with Gasteiger partial charge in [-0.15, -0.1) is 0 Å². The molecule has 0 saturated heterocycles. The van der Waals surface area contributed by atoms with E-state index < -0.39 is 0 Å². The minimum atomic E-state index is 0.408. The Morgan fingerprint density at radius 3 is 1.97 bits per heavy atom. The average Bonchev–Trinajstić information content (AvgIpc) is 3.32. The fourth-order valence-corrected chi connectivity index (χ4v) is 9.52. The van der Waals surface area contributed by atoms with Crippen LogP contribution in [0.25, 0.3) is 56.5 Å². The van der Waals surface area contributed by atoms with Gasteiger partial charge in [0.1, 0.15) is 0 Å². The third-order valence-corrected chi connectivity index (χ3v) is 12.6. The first-order valence-electron chi connectivity index (χ1n) is 21.3. The molecule has 286 valence electrons. The molecular formula is C57H48N2. The molecule has 0 aliphatic heterocycles. The summed E-state index contributed by atoms with van der Waals surface area (Å²) in [5.41, 5.74) is 19.4. The van der Waals surface area contributed by atoms with Gasteiger partial charge in [0.25, 0.3) is 0 Å². The van der Waals surface area contributed by atoms with Gasteiger partial charge >= 0.3 is 0 Å². The molecule has 59 heavy (non-hydrogen) atoms. The monoisotopic (exact) mass is 760 g/mol. The molecule has 0 spiro atoms. The van der Waals surface area contributed by atoms with Gasteiger partial charge in [0.15, 0.2) is 5.82 Å². The fourth-order valence-electron chi connectivity index (χ4n) is 9.52. The molecule has 5 aromatic carbocycles. The van der Waals surface area contributed by atoms with Crippen LogP contribution in [0, 0.1) is 12.8 Å². The standard InChI is InChI=1S/C57H48N2/c1-39-55(48-28-13-25-44(35-48)40-17-5-2-6-18-40)58-57(50-30-14-26-45(36-50)41-19-7-3-8-20-41)59-56(39)49-29-15-27-46(37-49)53-34-33-47(38-54(53)43-21-9-4-10-22-43)52-32-16-24-42-23-11-12-31-51(42)52/h3-5,7-13,15-25,27-31,33-37,47,52H,2,6,14,26,32,38H2,1H3. The summed E-state index contributed by atoms with van der Waals surface area (Å²) in [6.45, 7) is 2.20. The highest BCUT2D eigenvalue weighted by molar-refractivity contribution is 5.98. The van der Waals surface area contributed by atoms with Crippen LogP contribution in [0.2, 0.25) is 0 Å². The Bertz CT molecular complexity index is 2770. The molecule has 2 heteroatoms. The first-order valence-corrected chi connectivity index (χ1v) is 21.3. The van der Waals surface area contributed by atoms with E-state index in [4.69, 9.17) is 9.97 Å². The van der Waals surface area contributed by atoms with E-state index >= 15 is 0 Å². The number of fused-ring (bicyclic) bond motifs is 1. The van der Waals surface area contributed by atoms with Crippen molar-refractivity contribution in [1.82, 2.24) is 9.97 Å². The number of allylic oxidation sites excluding steroid dienone is 13. The molecule has 1 aromatic heterocycles. The lowest BCUT2D eigenvalue weighted by atomic mass is 9.72. The Hall–Kier alpha value is -6.64. The van der Waals surface area contributed by atoms with Crippen LogP contribution in [0.3, 0.4) is 0 Å². The largest absolute Gasteiger partial charge is 0.228 e. The van der Waals surface area contributed by atoms with Gasteiger partial charge < -0.3 is 0 Å². The summed E-state index contributed by atoms with van der Waals surface area (Å²) in [5, 5.41) is 0. The van der Waals surface area contributed by atoms with E-state index in [-0.39, 0.29) is 0 Å². The Morgan fingerprint density at radius 1 is 0.542 bits per heavy atom. The SMILES string of the molecule is Cc1c(-c2cccc(C3=CCCC=C3)c2)nc(C2=CCCC(c3ccccc3)=C2)nc1-c1cccc(C2=C(c3ccccc3)CC(C3CC=Cc4ccccc43)C=C2)c1. The lowest BCUT2D eigenvalue weighted by Gasteiger charge is -2.32. The molecular weight excluding hydrogens is 713 g/mol. The van der Waals surface area contributed by atoms with Crippen LogP contribution in [-0.4, -0.2) is 9.97 Å². The second-order valence-corrected chi connectivity index (χ2v) is 16.3. The Balaban J connectivity index is 1.09. The van der Waals surface area contributed by atoms with Crippen LogP contribution in [0.5, 0.6) is 0 Å². The van der Waals surface area contributed by atoms with E-state index in [1.807, 2.05) is 0 Å². The van der Waals surface area contributed by atoms with Gasteiger partial charge in [0, 0.05) is 22.3 Å². The summed E-state index contributed by atoms with van der Waals surface area (Å²) in [4.78, 5) is 10.9. The molecule has 4 aliphatic rings. The highest BCUT2D eigenvalue weighted by Gasteiger charge is 2.29. The normalized spacial score (nSPS) is 18.6. The second-order valence-electron chi connectivity index (χ2n) is 16.3. The third-order valence-electron chi connectivity index (χ3n) is 12.6. The number of benzene rings is 5. The van der Waals surface area contributed by atoms with Crippen molar-refractivity contribution in [1.29, 1.82) is 0 Å². The van der Waals surface area contributed by atoms with Crippen molar-refractivity contribution in [3.8, 4) is 22.5 Å². The number of aromatic nitrogens is 2. The minimum Gasteiger partial charge on any atom is -0.228 e. The number of hydrogen-bond acceptors (Lipinski definition) is 2. The zero-order chi connectivity index (χ0) is 39.5. The van der Waals surface area contributed by atoms with Crippen molar-refractivity contribution in [3.63, 3.8) is 0 Å². The molecule has 2 nitrogen and oxygen atoms in total. The van der Waals surface area contributed by atoms with E-state index in [1.165, 1.54) is 55.7 Å². The topological polar surface area (TPSA) is 25.8 Å². The molecule has 0 fully saturated rings. The summed E-state index contributed by atoms with van der Waals surface area (Å²) < 4.78 is 0. The van der Waals surface area contributed by atoms with Gasteiger partial charge in [-0.25, -0.2) is 9.97 Å². The van der Waals surface area contributed by atoms with Crippen LogP contribution in [0.1, 0.15) is 89.2 Å². The summed E-state index contributed by atoms with van der Waals surface area (Å²) >= 11 is 0. The highest BCUT2D eigenvalue weighted by Crippen LogP contribution is 2.46. The molecule has 4 aliphatic carbocycles. The van der Waals surface area contributed by atoms with Gasteiger partial charge in [-0.1, -0.05) is 170 Å². The summed E-state index contributed by atoms with van der Waals surface area (Å²) in [6, 6.07) is 48.7. The highest BCUT2D eigenvalue weighted by atomic mass is 14.9. The molecule has 2 unspecified atom stereocenters. The van der Waals surface area contributed by atoms with Crippen LogP contribution >= 0.6 is 0 Å². The number of rotatable bonds is 8. The van der Waals surface area contributed by atoms with Crippen molar-refractivity contribution in [2.75, 3.05) is 0 Å². The molecule has 0 radical (unpaired) electrons. The molecule has 6 aromatic rings. The average molecular weight is 761 g/mol. The first kappa shape index (κ1) is 36.7. The maximum absolute atomic E-state index is 5.46. The molecule has 0 amide bonds. The van der Waals surface area contributed by atoms with Crippen LogP contribution in [0.15, 0.2) is 182 Å².